The highest BCUT2D eigenvalue weighted by atomic mass is 32.1. The molecule has 0 fully saturated rings. The molecule has 6 heteroatoms. The van der Waals surface area contributed by atoms with Gasteiger partial charge in [0.1, 0.15) is 0 Å². The van der Waals surface area contributed by atoms with Crippen molar-refractivity contribution < 1.29 is 0 Å². The molecule has 0 unspecified atom stereocenters. The van der Waals surface area contributed by atoms with Gasteiger partial charge in [-0.3, -0.25) is 0 Å². The molecule has 0 aliphatic carbocycles. The largest absolute Gasteiger partial charge is 0.311 e. The van der Waals surface area contributed by atoms with Crippen molar-refractivity contribution in [3.8, 4) is 11.8 Å². The summed E-state index contributed by atoms with van der Waals surface area (Å²) >= 11 is 3.71. The number of nitriles is 1. The van der Waals surface area contributed by atoms with E-state index >= 15 is 0 Å². The third-order valence-electron chi connectivity index (χ3n) is 15.4. The lowest BCUT2D eigenvalue weighted by molar-refractivity contribution is 1.17. The summed E-state index contributed by atoms with van der Waals surface area (Å²) in [5.41, 5.74) is 17.5. The Labute approximate surface area is 418 Å². The average molecular weight is 947 g/mol. The van der Waals surface area contributed by atoms with Crippen LogP contribution in [0.3, 0.4) is 0 Å². The topological polar surface area (TPSA) is 38.6 Å². The molecule has 0 radical (unpaired) electrons. The summed E-state index contributed by atoms with van der Waals surface area (Å²) in [6.45, 7) is 13.2. The van der Waals surface area contributed by atoms with Gasteiger partial charge in [-0.1, -0.05) is 103 Å². The second kappa shape index (κ2) is 15.4. The predicted octanol–water partition coefficient (Wildman–Crippen LogP) is 18.8. The van der Waals surface area contributed by atoms with Gasteiger partial charge in [-0.25, -0.2) is 0 Å². The first-order chi connectivity index (χ1) is 34.7. The number of hydrogen-bond donors (Lipinski definition) is 0. The zero-order chi connectivity index (χ0) is 48.0. The van der Waals surface area contributed by atoms with Crippen LogP contribution in [0.5, 0.6) is 0 Å². The molecule has 5 heterocycles. The van der Waals surface area contributed by atoms with Crippen molar-refractivity contribution in [2.24, 2.45) is 0 Å². The molecule has 0 saturated heterocycles. The summed E-state index contributed by atoms with van der Waals surface area (Å²) in [5.74, 6) is 0. The van der Waals surface area contributed by atoms with Crippen molar-refractivity contribution in [1.29, 1.82) is 5.26 Å². The fourth-order valence-corrected chi connectivity index (χ4v) is 14.3. The molecule has 4 nitrogen and oxygen atoms in total. The first kappa shape index (κ1) is 41.7. The zero-order valence-corrected chi connectivity index (χ0v) is 41.9. The van der Waals surface area contributed by atoms with E-state index in [1.807, 2.05) is 29.6 Å². The highest BCUT2D eigenvalue weighted by Crippen LogP contribution is 2.50. The molecule has 5 aromatic heterocycles. The smallest absolute Gasteiger partial charge is 0.0966 e. The number of rotatable bonds is 5. The van der Waals surface area contributed by atoms with Crippen LogP contribution in [-0.4, -0.2) is 13.7 Å². The second-order valence-corrected chi connectivity index (χ2v) is 21.5. The number of thiophene rings is 2. The summed E-state index contributed by atoms with van der Waals surface area (Å²) in [6, 6.07) is 65.6. The minimum absolute atomic E-state index is 0.640. The van der Waals surface area contributed by atoms with Crippen molar-refractivity contribution >= 4 is 145 Å². The number of allylic oxidation sites excluding steroid dienone is 4. The van der Waals surface area contributed by atoms with Crippen LogP contribution in [0.1, 0.15) is 41.7 Å². The Morgan fingerprint density at radius 3 is 1.51 bits per heavy atom. The first-order valence-electron chi connectivity index (χ1n) is 24.3. The molecule has 0 atom stereocenters. The summed E-state index contributed by atoms with van der Waals surface area (Å²) < 4.78 is 12.4. The Morgan fingerprint density at radius 1 is 0.423 bits per heavy atom. The number of hydrogen-bond acceptors (Lipinski definition) is 3. The van der Waals surface area contributed by atoms with Crippen LogP contribution >= 0.6 is 22.7 Å². The molecule has 0 spiro atoms. The van der Waals surface area contributed by atoms with Crippen LogP contribution in [0.4, 0.5) is 0 Å². The number of aromatic nitrogens is 3. The van der Waals surface area contributed by atoms with Gasteiger partial charge in [0, 0.05) is 80.2 Å². The predicted molar refractivity (Wildman–Crippen MR) is 308 cm³/mol. The lowest BCUT2D eigenvalue weighted by atomic mass is 9.95. The molecule has 0 bridgehead atoms. The van der Waals surface area contributed by atoms with E-state index in [1.54, 1.807) is 0 Å². The van der Waals surface area contributed by atoms with E-state index in [9.17, 15) is 5.26 Å². The first-order valence-corrected chi connectivity index (χ1v) is 25.9. The second-order valence-electron chi connectivity index (χ2n) is 19.4. The van der Waals surface area contributed by atoms with Crippen molar-refractivity contribution in [3.63, 3.8) is 0 Å². The molecular weight excluding hydrogens is 901 g/mol. The van der Waals surface area contributed by atoms with E-state index < -0.39 is 0 Å². The van der Waals surface area contributed by atoms with Crippen LogP contribution in [0.15, 0.2) is 175 Å². The maximum atomic E-state index is 11.6. The molecule has 0 aliphatic rings. The van der Waals surface area contributed by atoms with E-state index in [2.05, 4.69) is 224 Å². The van der Waals surface area contributed by atoms with Gasteiger partial charge in [-0.05, 0) is 136 Å². The van der Waals surface area contributed by atoms with Crippen LogP contribution < -0.4 is 0 Å². The van der Waals surface area contributed by atoms with E-state index in [0.717, 1.165) is 61.2 Å². The lowest BCUT2D eigenvalue weighted by Crippen LogP contribution is -2.08. The highest BCUT2D eigenvalue weighted by Gasteiger charge is 2.28. The maximum absolute atomic E-state index is 11.6. The van der Waals surface area contributed by atoms with Crippen LogP contribution in [0.2, 0.25) is 0 Å². The van der Waals surface area contributed by atoms with E-state index in [4.69, 9.17) is 0 Å². The molecule has 14 aromatic rings. The van der Waals surface area contributed by atoms with Crippen molar-refractivity contribution in [1.82, 2.24) is 13.7 Å². The summed E-state index contributed by atoms with van der Waals surface area (Å²) in [7, 11) is 0. The molecule has 71 heavy (non-hydrogen) atoms. The Balaban J connectivity index is 1.20. The number of para-hydroxylation sites is 2. The normalized spacial score (nSPS) is 13.1. The molecule has 338 valence electrons. The molecular formula is C65H46N4S2. The molecule has 0 aliphatic heterocycles. The summed E-state index contributed by atoms with van der Waals surface area (Å²) in [4.78, 5) is 0. The third-order valence-corrected chi connectivity index (χ3v) is 17.8. The van der Waals surface area contributed by atoms with Crippen molar-refractivity contribution in [2.45, 2.75) is 41.5 Å². The molecule has 0 N–H and O–H groups in total. The monoisotopic (exact) mass is 946 g/mol. The number of benzene rings is 9. The van der Waals surface area contributed by atoms with Gasteiger partial charge in [0.05, 0.1) is 59.8 Å². The fraction of sp³-hybridized carbons (Fsp3) is 0.0923. The Kier molecular flexibility index (Phi) is 9.05. The van der Waals surface area contributed by atoms with E-state index in [1.165, 1.54) is 95.0 Å². The average Bonchev–Trinajstić information content (AvgIpc) is 4.20. The van der Waals surface area contributed by atoms with Gasteiger partial charge in [0.15, 0.2) is 0 Å². The van der Waals surface area contributed by atoms with Gasteiger partial charge in [0.25, 0.3) is 0 Å². The summed E-state index contributed by atoms with van der Waals surface area (Å²) in [5, 5.41) is 23.7. The van der Waals surface area contributed by atoms with Crippen LogP contribution in [-0.2, 0) is 0 Å². The molecule has 0 saturated carbocycles. The van der Waals surface area contributed by atoms with Gasteiger partial charge < -0.3 is 13.7 Å². The van der Waals surface area contributed by atoms with Crippen LogP contribution in [0.25, 0.3) is 128 Å². The SMILES string of the molecule is C/C(C#N)=C(\C(=C(/C)n1c2cc(C)c(C)cc2c2ccc3c4ccccc4sc3c21)c1ccc2c(c1)c1ccccc1n2-c1ccccc1)n1c2cc(C)c(C)cc2c2ccc3c4ccccc4sc3c21. The standard InChI is InChI=1S/C65H46N4S2/c1-36-30-51-47-25-27-49-45-19-11-14-22-58(45)70-64(49)62(47)67(56(51)32-38(36)3)41(6)60(42-24-29-55-53(34-42)44-18-10-13-21-54(44)68(55)43-16-8-7-9-17-43)61(40(5)35-66)69-57-33-39(4)37(2)31-52(57)48-26-28-50-46-20-12-15-23-59(46)71-65(50)63(48)69/h7-34H,1-6H3/b60-41+,61-40-. The summed E-state index contributed by atoms with van der Waals surface area (Å²) in [6.07, 6.45) is 0. The van der Waals surface area contributed by atoms with Gasteiger partial charge in [-0.15, -0.1) is 22.7 Å². The Bertz CT molecular complexity index is 4760. The number of nitrogens with zero attached hydrogens (tertiary/aromatic N) is 4. The number of fused-ring (bicyclic) bond motifs is 17. The minimum atomic E-state index is 0.640. The number of aryl methyl sites for hydroxylation is 4. The lowest BCUT2D eigenvalue weighted by Gasteiger charge is -2.23. The van der Waals surface area contributed by atoms with Gasteiger partial charge in [0.2, 0.25) is 0 Å². The molecule has 9 aromatic carbocycles. The van der Waals surface area contributed by atoms with Gasteiger partial charge in [-0.2, -0.15) is 5.26 Å². The Hall–Kier alpha value is -8.21. The van der Waals surface area contributed by atoms with E-state index in [-0.39, 0.29) is 0 Å². The third kappa shape index (κ3) is 5.88. The quantitative estimate of drug-likeness (QED) is 0.125. The maximum Gasteiger partial charge on any atom is 0.0966 e. The van der Waals surface area contributed by atoms with Crippen molar-refractivity contribution in [2.75, 3.05) is 0 Å². The fourth-order valence-electron chi connectivity index (χ4n) is 11.8. The van der Waals surface area contributed by atoms with Crippen LogP contribution in [0, 0.1) is 39.0 Å². The van der Waals surface area contributed by atoms with Crippen molar-refractivity contribution in [3.05, 3.63) is 203 Å². The minimum Gasteiger partial charge on any atom is -0.311 e. The Morgan fingerprint density at radius 2 is 0.901 bits per heavy atom. The zero-order valence-electron chi connectivity index (χ0n) is 40.3. The molecule has 0 amide bonds. The molecule has 14 rings (SSSR count). The van der Waals surface area contributed by atoms with Gasteiger partial charge >= 0.3 is 0 Å². The van der Waals surface area contributed by atoms with E-state index in [0.29, 0.717) is 5.57 Å². The highest BCUT2D eigenvalue weighted by molar-refractivity contribution is 7.27.